The summed E-state index contributed by atoms with van der Waals surface area (Å²) in [7, 11) is 2.19. The molecule has 0 aliphatic heterocycles. The normalized spacial score (nSPS) is 11.5. The van der Waals surface area contributed by atoms with E-state index in [2.05, 4.69) is 67.1 Å². The van der Waals surface area contributed by atoms with Gasteiger partial charge in [0.1, 0.15) is 25.7 Å². The molecule has 1 amide bonds. The van der Waals surface area contributed by atoms with Crippen LogP contribution in [-0.4, -0.2) is 23.7 Å². The lowest BCUT2D eigenvalue weighted by Gasteiger charge is -2.17. The maximum Gasteiger partial charge on any atom is 0.224 e. The number of carbonyl (C=O) groups is 1. The average Bonchev–Trinajstić information content (AvgIpc) is 2.70. The van der Waals surface area contributed by atoms with Gasteiger partial charge in [0.05, 0.1) is 0 Å². The fourth-order valence-corrected chi connectivity index (χ4v) is 3.19. The molecule has 1 atom stereocenters. The monoisotopic (exact) mass is 414 g/mol. The molecule has 0 spiro atoms. The molecule has 0 saturated heterocycles. The molecule has 0 radical (unpaired) electrons. The highest BCUT2D eigenvalue weighted by Crippen LogP contribution is 2.26. The molecular weight excluding hydrogens is 387 g/mol. The third-order valence-corrected chi connectivity index (χ3v) is 4.65. The van der Waals surface area contributed by atoms with Gasteiger partial charge in [-0.25, -0.2) is 9.97 Å². The Balaban J connectivity index is 1.62. The fourth-order valence-electron chi connectivity index (χ4n) is 3.19. The zero-order valence-electron chi connectivity index (χ0n) is 18.4. The lowest BCUT2D eigenvalue weighted by atomic mass is 9.81. The Morgan fingerprint density at radius 1 is 1.13 bits per heavy atom. The number of hydrogen-bond acceptors (Lipinski definition) is 5. The van der Waals surface area contributed by atoms with Crippen molar-refractivity contribution in [3.63, 3.8) is 0 Å². The van der Waals surface area contributed by atoms with E-state index in [0.29, 0.717) is 29.7 Å². The van der Waals surface area contributed by atoms with Crippen molar-refractivity contribution >= 4 is 25.3 Å². The summed E-state index contributed by atoms with van der Waals surface area (Å²) in [5.74, 6) is 1.63. The predicted molar refractivity (Wildman–Crippen MR) is 127 cm³/mol. The molecule has 3 aromatic rings. The van der Waals surface area contributed by atoms with Crippen LogP contribution in [0.5, 0.6) is 11.6 Å². The van der Waals surface area contributed by atoms with E-state index >= 15 is 0 Å². The zero-order valence-corrected chi connectivity index (χ0v) is 18.4. The Bertz CT molecular complexity index is 1080. The minimum absolute atomic E-state index is 0.200. The number of nitrogens with one attached hydrogen (secondary N) is 2. The third-order valence-electron chi connectivity index (χ3n) is 4.65. The summed E-state index contributed by atoms with van der Waals surface area (Å²) < 4.78 is 5.77. The summed E-state index contributed by atoms with van der Waals surface area (Å²) in [5.41, 5.74) is 5.68. The topological polar surface area (TPSA) is 76.1 Å². The first-order chi connectivity index (χ1) is 14.8. The van der Waals surface area contributed by atoms with Gasteiger partial charge in [-0.15, -0.1) is 0 Å². The van der Waals surface area contributed by atoms with Crippen molar-refractivity contribution in [1.29, 1.82) is 0 Å². The van der Waals surface area contributed by atoms with Crippen LogP contribution in [0.25, 0.3) is 0 Å². The van der Waals surface area contributed by atoms with Crippen LogP contribution in [0, 0.1) is 6.92 Å². The summed E-state index contributed by atoms with van der Waals surface area (Å²) in [4.78, 5) is 19.2. The minimum atomic E-state index is -0.200. The van der Waals surface area contributed by atoms with E-state index in [0.717, 1.165) is 16.9 Å². The molecule has 7 heteroatoms. The van der Waals surface area contributed by atoms with Crippen molar-refractivity contribution in [3.8, 4) is 11.6 Å². The molecular formula is C24H27BN4O2. The lowest BCUT2D eigenvalue weighted by Crippen LogP contribution is -2.07. The first-order valence-electron chi connectivity index (χ1n) is 10.2. The molecule has 1 unspecified atom stereocenters. The van der Waals surface area contributed by atoms with E-state index < -0.39 is 0 Å². The van der Waals surface area contributed by atoms with Crippen LogP contribution in [0.3, 0.4) is 0 Å². The smallest absolute Gasteiger partial charge is 0.224 e. The standard InChI is InChI=1S/C24H27BN4O2/c1-15-5-10-22(21(11-15)17(3)25)28-16(2)12-19-6-8-20(9-7-19)31-24-13-23(26-14-27-24)29-18(4)30/h5-11,13-14,17,28H,2,12,25H2,1,3-4H3,(H,26,27,29,30). The Labute approximate surface area is 184 Å². The van der Waals surface area contributed by atoms with Crippen LogP contribution >= 0.6 is 0 Å². The van der Waals surface area contributed by atoms with Crippen LogP contribution in [0.4, 0.5) is 11.5 Å². The molecule has 2 aromatic carbocycles. The predicted octanol–water partition coefficient (Wildman–Crippen LogP) is 4.40. The number of rotatable bonds is 8. The molecule has 0 aliphatic rings. The summed E-state index contributed by atoms with van der Waals surface area (Å²) in [6.07, 6.45) is 2.05. The van der Waals surface area contributed by atoms with Crippen LogP contribution in [-0.2, 0) is 11.2 Å². The Morgan fingerprint density at radius 2 is 1.87 bits per heavy atom. The van der Waals surface area contributed by atoms with E-state index in [9.17, 15) is 4.79 Å². The molecule has 1 aromatic heterocycles. The van der Waals surface area contributed by atoms with Gasteiger partial charge in [-0.3, -0.25) is 4.79 Å². The minimum Gasteiger partial charge on any atom is -0.439 e. The fraction of sp³-hybridized carbons (Fsp3) is 0.208. The van der Waals surface area contributed by atoms with Crippen molar-refractivity contribution in [1.82, 2.24) is 9.97 Å². The van der Waals surface area contributed by atoms with Crippen LogP contribution in [0.1, 0.15) is 36.4 Å². The molecule has 6 nitrogen and oxygen atoms in total. The van der Waals surface area contributed by atoms with Gasteiger partial charge in [-0.2, -0.15) is 0 Å². The number of carbonyl (C=O) groups excluding carboxylic acids is 1. The number of ether oxygens (including phenoxy) is 1. The highest BCUT2D eigenvalue weighted by Gasteiger charge is 2.09. The van der Waals surface area contributed by atoms with Gasteiger partial charge in [0.25, 0.3) is 0 Å². The first-order valence-corrected chi connectivity index (χ1v) is 10.2. The molecule has 3 rings (SSSR count). The van der Waals surface area contributed by atoms with Gasteiger partial charge < -0.3 is 15.4 Å². The van der Waals surface area contributed by atoms with Crippen molar-refractivity contribution in [2.75, 3.05) is 10.6 Å². The van der Waals surface area contributed by atoms with Gasteiger partial charge in [-0.1, -0.05) is 43.3 Å². The second-order valence-corrected chi connectivity index (χ2v) is 7.82. The van der Waals surface area contributed by atoms with E-state index in [1.165, 1.54) is 24.4 Å². The number of allylic oxidation sites excluding steroid dienone is 1. The lowest BCUT2D eigenvalue weighted by molar-refractivity contribution is -0.114. The van der Waals surface area contributed by atoms with E-state index in [-0.39, 0.29) is 5.91 Å². The second-order valence-electron chi connectivity index (χ2n) is 7.82. The highest BCUT2D eigenvalue weighted by molar-refractivity contribution is 6.12. The molecule has 0 fully saturated rings. The maximum atomic E-state index is 11.2. The van der Waals surface area contributed by atoms with E-state index in [1.54, 1.807) is 6.07 Å². The van der Waals surface area contributed by atoms with Crippen molar-refractivity contribution < 1.29 is 9.53 Å². The molecule has 0 aliphatic carbocycles. The van der Waals surface area contributed by atoms with Gasteiger partial charge in [0.15, 0.2) is 0 Å². The molecule has 0 bridgehead atoms. The number of hydrogen-bond donors (Lipinski definition) is 2. The average molecular weight is 414 g/mol. The number of anilines is 2. The summed E-state index contributed by atoms with van der Waals surface area (Å²) in [6.45, 7) is 9.92. The number of amides is 1. The van der Waals surface area contributed by atoms with E-state index in [1.807, 2.05) is 24.3 Å². The Hall–Kier alpha value is -3.61. The molecule has 2 N–H and O–H groups in total. The Kier molecular flexibility index (Phi) is 7.08. The van der Waals surface area contributed by atoms with Crippen molar-refractivity contribution in [2.24, 2.45) is 0 Å². The number of nitrogens with zero attached hydrogens (tertiary/aromatic N) is 2. The van der Waals surface area contributed by atoms with Crippen LogP contribution in [0.2, 0.25) is 0 Å². The summed E-state index contributed by atoms with van der Waals surface area (Å²) >= 11 is 0. The number of aryl methyl sites for hydroxylation is 1. The Morgan fingerprint density at radius 3 is 2.55 bits per heavy atom. The SMILES string of the molecule is BC(C)c1cc(C)ccc1NC(=C)Cc1ccc(Oc2cc(NC(C)=O)ncn2)cc1. The number of benzene rings is 2. The van der Waals surface area contributed by atoms with Gasteiger partial charge in [0, 0.05) is 30.8 Å². The van der Waals surface area contributed by atoms with Crippen molar-refractivity contribution in [2.45, 2.75) is 33.0 Å². The summed E-state index contributed by atoms with van der Waals surface area (Å²) in [6, 6.07) is 15.8. The van der Waals surface area contributed by atoms with Gasteiger partial charge in [0.2, 0.25) is 11.8 Å². The summed E-state index contributed by atoms with van der Waals surface area (Å²) in [5, 5.41) is 6.08. The molecule has 1 heterocycles. The van der Waals surface area contributed by atoms with Gasteiger partial charge >= 0.3 is 0 Å². The molecule has 31 heavy (non-hydrogen) atoms. The quantitative estimate of drug-likeness (QED) is 0.535. The van der Waals surface area contributed by atoms with Crippen molar-refractivity contribution in [3.05, 3.63) is 83.8 Å². The number of aromatic nitrogens is 2. The highest BCUT2D eigenvalue weighted by atomic mass is 16.5. The van der Waals surface area contributed by atoms with Crippen LogP contribution in [0.15, 0.2) is 67.1 Å². The van der Waals surface area contributed by atoms with Crippen LogP contribution < -0.4 is 15.4 Å². The molecule has 158 valence electrons. The largest absolute Gasteiger partial charge is 0.439 e. The second kappa shape index (κ2) is 9.93. The third kappa shape index (κ3) is 6.44. The zero-order chi connectivity index (χ0) is 22.4. The van der Waals surface area contributed by atoms with Gasteiger partial charge in [-0.05, 0) is 42.1 Å². The first kappa shape index (κ1) is 22.1. The maximum absolute atomic E-state index is 11.2. The molecule has 0 saturated carbocycles. The van der Waals surface area contributed by atoms with E-state index in [4.69, 9.17) is 4.74 Å².